The van der Waals surface area contributed by atoms with Gasteiger partial charge < -0.3 is 15.4 Å². The summed E-state index contributed by atoms with van der Waals surface area (Å²) in [5.74, 6) is 0.180. The second kappa shape index (κ2) is 8.53. The van der Waals surface area contributed by atoms with Gasteiger partial charge in [0.05, 0.1) is 6.61 Å². The number of anilines is 1. The van der Waals surface area contributed by atoms with Crippen LogP contribution in [-0.4, -0.2) is 37.1 Å². The number of nitrogen functional groups attached to an aromatic ring is 1. The molecular weight excluding hydrogens is 240 g/mol. The number of hydrogen-bond donors (Lipinski definition) is 1. The van der Waals surface area contributed by atoms with E-state index in [2.05, 4.69) is 0 Å². The smallest absolute Gasteiger partial charge is 0.222 e. The van der Waals surface area contributed by atoms with E-state index in [1.807, 2.05) is 43.0 Å². The van der Waals surface area contributed by atoms with Gasteiger partial charge in [-0.05, 0) is 38.0 Å². The number of rotatable bonds is 8. The fourth-order valence-electron chi connectivity index (χ4n) is 1.87. The Morgan fingerprint density at radius 3 is 2.53 bits per heavy atom. The van der Waals surface area contributed by atoms with E-state index in [1.54, 1.807) is 0 Å². The van der Waals surface area contributed by atoms with E-state index in [1.165, 1.54) is 0 Å². The highest BCUT2D eigenvalue weighted by Gasteiger charge is 2.11. The third-order valence-electron chi connectivity index (χ3n) is 3.05. The fourth-order valence-corrected chi connectivity index (χ4v) is 1.87. The molecule has 0 fully saturated rings. The Morgan fingerprint density at radius 1 is 1.26 bits per heavy atom. The van der Waals surface area contributed by atoms with Gasteiger partial charge in [-0.15, -0.1) is 0 Å². The predicted molar refractivity (Wildman–Crippen MR) is 77.9 cm³/mol. The molecule has 0 aliphatic heterocycles. The summed E-state index contributed by atoms with van der Waals surface area (Å²) in [4.78, 5) is 13.9. The van der Waals surface area contributed by atoms with E-state index in [0.29, 0.717) is 26.2 Å². The number of ether oxygens (including phenoxy) is 1. The molecule has 0 saturated carbocycles. The van der Waals surface area contributed by atoms with Crippen molar-refractivity contribution in [1.29, 1.82) is 0 Å². The van der Waals surface area contributed by atoms with Crippen molar-refractivity contribution in [2.45, 2.75) is 26.7 Å². The van der Waals surface area contributed by atoms with Crippen molar-refractivity contribution in [3.05, 3.63) is 29.8 Å². The number of aryl methyl sites for hydroxylation is 1. The number of carbonyl (C=O) groups is 1. The molecule has 0 aliphatic rings. The molecule has 0 atom stereocenters. The lowest BCUT2D eigenvalue weighted by Crippen LogP contribution is -2.34. The Balaban J connectivity index is 2.37. The largest absolute Gasteiger partial charge is 0.399 e. The van der Waals surface area contributed by atoms with Gasteiger partial charge in [0.15, 0.2) is 0 Å². The lowest BCUT2D eigenvalue weighted by Gasteiger charge is -2.20. The van der Waals surface area contributed by atoms with Crippen molar-refractivity contribution in [3.8, 4) is 0 Å². The highest BCUT2D eigenvalue weighted by molar-refractivity contribution is 5.76. The van der Waals surface area contributed by atoms with Gasteiger partial charge in [-0.1, -0.05) is 12.1 Å². The highest BCUT2D eigenvalue weighted by atomic mass is 16.5. The predicted octanol–water partition coefficient (Wildman–Crippen LogP) is 2.09. The Kier molecular flexibility index (Phi) is 6.97. The standard InChI is InChI=1S/C15H24N2O2/c1-3-17(11-12-19-4-2)15(18)10-7-13-5-8-14(16)9-6-13/h5-6,8-9H,3-4,7,10-12,16H2,1-2H3. The minimum absolute atomic E-state index is 0.180. The normalized spacial score (nSPS) is 10.4. The van der Waals surface area contributed by atoms with Crippen molar-refractivity contribution in [2.75, 3.05) is 32.0 Å². The Bertz CT molecular complexity index is 376. The zero-order valence-electron chi connectivity index (χ0n) is 11.9. The van der Waals surface area contributed by atoms with Gasteiger partial charge in [0, 0.05) is 31.8 Å². The molecule has 106 valence electrons. The van der Waals surface area contributed by atoms with Gasteiger partial charge in [-0.3, -0.25) is 4.79 Å². The molecule has 0 saturated heterocycles. The van der Waals surface area contributed by atoms with Crippen LogP contribution in [0.1, 0.15) is 25.8 Å². The number of carbonyl (C=O) groups excluding carboxylic acids is 1. The molecule has 1 aromatic rings. The number of likely N-dealkylation sites (N-methyl/N-ethyl adjacent to an activating group) is 1. The van der Waals surface area contributed by atoms with Crippen LogP contribution >= 0.6 is 0 Å². The first-order valence-electron chi connectivity index (χ1n) is 6.87. The minimum atomic E-state index is 0.180. The quantitative estimate of drug-likeness (QED) is 0.578. The molecule has 0 spiro atoms. The van der Waals surface area contributed by atoms with Crippen LogP contribution in [0.25, 0.3) is 0 Å². The van der Waals surface area contributed by atoms with Gasteiger partial charge in [0.25, 0.3) is 0 Å². The summed E-state index contributed by atoms with van der Waals surface area (Å²) in [7, 11) is 0. The van der Waals surface area contributed by atoms with Crippen LogP contribution in [0.5, 0.6) is 0 Å². The van der Waals surface area contributed by atoms with Gasteiger partial charge in [0.2, 0.25) is 5.91 Å². The number of nitrogens with two attached hydrogens (primary N) is 1. The van der Waals surface area contributed by atoms with E-state index < -0.39 is 0 Å². The maximum atomic E-state index is 12.1. The molecule has 0 radical (unpaired) electrons. The van der Waals surface area contributed by atoms with Crippen molar-refractivity contribution in [1.82, 2.24) is 4.90 Å². The maximum Gasteiger partial charge on any atom is 0.222 e. The summed E-state index contributed by atoms with van der Waals surface area (Å²) in [6.45, 7) is 6.65. The summed E-state index contributed by atoms with van der Waals surface area (Å²) in [6.07, 6.45) is 1.29. The van der Waals surface area contributed by atoms with Crippen molar-refractivity contribution >= 4 is 11.6 Å². The van der Waals surface area contributed by atoms with Gasteiger partial charge in [-0.25, -0.2) is 0 Å². The molecule has 1 aromatic carbocycles. The molecule has 0 heterocycles. The van der Waals surface area contributed by atoms with Crippen LogP contribution in [0, 0.1) is 0 Å². The van der Waals surface area contributed by atoms with E-state index in [4.69, 9.17) is 10.5 Å². The molecule has 0 aliphatic carbocycles. The average molecular weight is 264 g/mol. The van der Waals surface area contributed by atoms with Crippen LogP contribution in [-0.2, 0) is 16.0 Å². The van der Waals surface area contributed by atoms with Gasteiger partial charge in [0.1, 0.15) is 0 Å². The van der Waals surface area contributed by atoms with E-state index >= 15 is 0 Å². The maximum absolute atomic E-state index is 12.1. The zero-order chi connectivity index (χ0) is 14.1. The second-order valence-corrected chi connectivity index (χ2v) is 4.41. The molecule has 4 heteroatoms. The molecule has 2 N–H and O–H groups in total. The van der Waals surface area contributed by atoms with E-state index in [-0.39, 0.29) is 5.91 Å². The monoisotopic (exact) mass is 264 g/mol. The summed E-state index contributed by atoms with van der Waals surface area (Å²) in [6, 6.07) is 7.68. The van der Waals surface area contributed by atoms with Crippen LogP contribution in [0.4, 0.5) is 5.69 Å². The van der Waals surface area contributed by atoms with Crippen LogP contribution in [0.3, 0.4) is 0 Å². The zero-order valence-corrected chi connectivity index (χ0v) is 11.9. The second-order valence-electron chi connectivity index (χ2n) is 4.41. The molecule has 19 heavy (non-hydrogen) atoms. The number of nitrogens with zero attached hydrogens (tertiary/aromatic N) is 1. The fraction of sp³-hybridized carbons (Fsp3) is 0.533. The van der Waals surface area contributed by atoms with Crippen molar-refractivity contribution in [3.63, 3.8) is 0 Å². The Hall–Kier alpha value is -1.55. The Labute approximate surface area is 115 Å². The number of hydrogen-bond acceptors (Lipinski definition) is 3. The lowest BCUT2D eigenvalue weighted by atomic mass is 10.1. The highest BCUT2D eigenvalue weighted by Crippen LogP contribution is 2.08. The first-order chi connectivity index (χ1) is 9.17. The summed E-state index contributed by atoms with van der Waals surface area (Å²) in [5.41, 5.74) is 7.53. The van der Waals surface area contributed by atoms with Crippen LogP contribution in [0.15, 0.2) is 24.3 Å². The van der Waals surface area contributed by atoms with Gasteiger partial charge in [-0.2, -0.15) is 0 Å². The number of amides is 1. The van der Waals surface area contributed by atoms with Gasteiger partial charge >= 0.3 is 0 Å². The SMILES string of the molecule is CCOCCN(CC)C(=O)CCc1ccc(N)cc1. The molecule has 4 nitrogen and oxygen atoms in total. The van der Waals surface area contributed by atoms with Crippen LogP contribution < -0.4 is 5.73 Å². The molecule has 0 aromatic heterocycles. The molecule has 1 amide bonds. The van der Waals surface area contributed by atoms with E-state index in [0.717, 1.165) is 24.2 Å². The van der Waals surface area contributed by atoms with E-state index in [9.17, 15) is 4.79 Å². The Morgan fingerprint density at radius 2 is 1.95 bits per heavy atom. The topological polar surface area (TPSA) is 55.6 Å². The third kappa shape index (κ3) is 5.75. The molecular formula is C15H24N2O2. The van der Waals surface area contributed by atoms with Crippen LogP contribution in [0.2, 0.25) is 0 Å². The number of benzene rings is 1. The minimum Gasteiger partial charge on any atom is -0.399 e. The molecule has 0 unspecified atom stereocenters. The summed E-state index contributed by atoms with van der Waals surface area (Å²) >= 11 is 0. The summed E-state index contributed by atoms with van der Waals surface area (Å²) in [5, 5.41) is 0. The van der Waals surface area contributed by atoms with Crippen molar-refractivity contribution in [2.24, 2.45) is 0 Å². The first-order valence-corrected chi connectivity index (χ1v) is 6.87. The summed E-state index contributed by atoms with van der Waals surface area (Å²) < 4.78 is 5.28. The van der Waals surface area contributed by atoms with Crippen molar-refractivity contribution < 1.29 is 9.53 Å². The average Bonchev–Trinajstić information content (AvgIpc) is 2.43. The first kappa shape index (κ1) is 15.5. The lowest BCUT2D eigenvalue weighted by molar-refractivity contribution is -0.131. The molecule has 1 rings (SSSR count). The molecule has 0 bridgehead atoms. The third-order valence-corrected chi connectivity index (χ3v) is 3.05.